The lowest BCUT2D eigenvalue weighted by molar-refractivity contribution is 0.102. The number of nitrogens with zero attached hydrogens (tertiary/aromatic N) is 3. The molecule has 3 heterocycles. The average molecular weight is 324 g/mol. The van der Waals surface area contributed by atoms with Crippen molar-refractivity contribution in [3.63, 3.8) is 0 Å². The van der Waals surface area contributed by atoms with Crippen molar-refractivity contribution in [2.75, 3.05) is 5.32 Å². The fourth-order valence-electron chi connectivity index (χ4n) is 2.30. The monoisotopic (exact) mass is 324 g/mol. The molecule has 0 unspecified atom stereocenters. The van der Waals surface area contributed by atoms with E-state index in [-0.39, 0.29) is 5.91 Å². The summed E-state index contributed by atoms with van der Waals surface area (Å²) in [6.45, 7) is 5.71. The van der Waals surface area contributed by atoms with Crippen molar-refractivity contribution in [2.24, 2.45) is 0 Å². The lowest BCUT2D eigenvalue weighted by Crippen LogP contribution is -2.14. The SMILES string of the molecule is Cc1cc(-c2cccnc2C)cc(C(=O)Nc2nc(C)cs2)n1. The number of carbonyl (C=O) groups excluding carboxylic acids is 1. The molecule has 3 aromatic rings. The van der Waals surface area contributed by atoms with Gasteiger partial charge in [0.1, 0.15) is 5.69 Å². The van der Waals surface area contributed by atoms with Gasteiger partial charge in [-0.25, -0.2) is 9.97 Å². The molecule has 0 saturated heterocycles. The first-order valence-corrected chi connectivity index (χ1v) is 8.05. The fourth-order valence-corrected chi connectivity index (χ4v) is 2.99. The molecule has 0 aromatic carbocycles. The minimum absolute atomic E-state index is 0.258. The Bertz CT molecular complexity index is 873. The van der Waals surface area contributed by atoms with Crippen LogP contribution in [0.5, 0.6) is 0 Å². The molecule has 3 aromatic heterocycles. The van der Waals surface area contributed by atoms with Crippen LogP contribution in [0.25, 0.3) is 11.1 Å². The van der Waals surface area contributed by atoms with Gasteiger partial charge in [0, 0.05) is 28.5 Å². The molecule has 6 heteroatoms. The summed E-state index contributed by atoms with van der Waals surface area (Å²) in [7, 11) is 0. The van der Waals surface area contributed by atoms with Gasteiger partial charge in [-0.15, -0.1) is 11.3 Å². The maximum atomic E-state index is 12.4. The Morgan fingerprint density at radius 2 is 1.96 bits per heavy atom. The number of amides is 1. The number of pyridine rings is 2. The highest BCUT2D eigenvalue weighted by Crippen LogP contribution is 2.23. The highest BCUT2D eigenvalue weighted by Gasteiger charge is 2.13. The molecular weight excluding hydrogens is 308 g/mol. The van der Waals surface area contributed by atoms with Crippen LogP contribution >= 0.6 is 11.3 Å². The number of hydrogen-bond donors (Lipinski definition) is 1. The molecule has 0 aliphatic carbocycles. The number of aryl methyl sites for hydroxylation is 3. The van der Waals surface area contributed by atoms with Crippen LogP contribution in [0.15, 0.2) is 35.8 Å². The van der Waals surface area contributed by atoms with Crippen molar-refractivity contribution < 1.29 is 4.79 Å². The molecule has 0 aliphatic heterocycles. The third kappa shape index (κ3) is 3.43. The third-order valence-electron chi connectivity index (χ3n) is 3.34. The molecule has 1 amide bonds. The minimum Gasteiger partial charge on any atom is -0.296 e. The Hall–Kier alpha value is -2.60. The van der Waals surface area contributed by atoms with Crippen LogP contribution in [0, 0.1) is 20.8 Å². The number of aromatic nitrogens is 3. The van der Waals surface area contributed by atoms with E-state index in [9.17, 15) is 4.79 Å². The zero-order valence-corrected chi connectivity index (χ0v) is 13.9. The molecule has 0 fully saturated rings. The van der Waals surface area contributed by atoms with Gasteiger partial charge in [-0.2, -0.15) is 0 Å². The van der Waals surface area contributed by atoms with Crippen LogP contribution in [0.3, 0.4) is 0 Å². The third-order valence-corrected chi connectivity index (χ3v) is 4.22. The zero-order chi connectivity index (χ0) is 16.4. The van der Waals surface area contributed by atoms with E-state index < -0.39 is 0 Å². The molecular formula is C17H16N4OS. The maximum Gasteiger partial charge on any atom is 0.276 e. The van der Waals surface area contributed by atoms with Crippen molar-refractivity contribution >= 4 is 22.4 Å². The minimum atomic E-state index is -0.258. The summed E-state index contributed by atoms with van der Waals surface area (Å²) in [4.78, 5) is 25.3. The van der Waals surface area contributed by atoms with Crippen LogP contribution in [0.1, 0.15) is 27.6 Å². The molecule has 5 nitrogen and oxygen atoms in total. The van der Waals surface area contributed by atoms with Gasteiger partial charge in [-0.05, 0) is 44.5 Å². The normalized spacial score (nSPS) is 10.6. The molecule has 0 saturated carbocycles. The molecule has 1 N–H and O–H groups in total. The highest BCUT2D eigenvalue weighted by atomic mass is 32.1. The Morgan fingerprint density at radius 1 is 1.13 bits per heavy atom. The van der Waals surface area contributed by atoms with E-state index in [1.807, 2.05) is 44.4 Å². The van der Waals surface area contributed by atoms with Crippen molar-refractivity contribution in [1.29, 1.82) is 0 Å². The van der Waals surface area contributed by atoms with E-state index in [1.165, 1.54) is 11.3 Å². The standard InChI is InChI=1S/C17H16N4OS/c1-10-7-13(14-5-4-6-18-12(14)3)8-15(19-10)16(22)21-17-20-11(2)9-23-17/h4-9H,1-3H3,(H,20,21,22). The van der Waals surface area contributed by atoms with Crippen molar-refractivity contribution in [3.05, 3.63) is 58.6 Å². The molecule has 0 radical (unpaired) electrons. The van der Waals surface area contributed by atoms with Gasteiger partial charge in [-0.3, -0.25) is 15.1 Å². The average Bonchev–Trinajstić information content (AvgIpc) is 2.92. The van der Waals surface area contributed by atoms with Gasteiger partial charge in [0.2, 0.25) is 0 Å². The van der Waals surface area contributed by atoms with Crippen molar-refractivity contribution in [3.8, 4) is 11.1 Å². The predicted molar refractivity (Wildman–Crippen MR) is 91.7 cm³/mol. The number of thiazole rings is 1. The molecule has 0 atom stereocenters. The van der Waals surface area contributed by atoms with Crippen LogP contribution in [-0.2, 0) is 0 Å². The highest BCUT2D eigenvalue weighted by molar-refractivity contribution is 7.13. The van der Waals surface area contributed by atoms with Gasteiger partial charge in [0.15, 0.2) is 5.13 Å². The first-order valence-electron chi connectivity index (χ1n) is 7.17. The summed E-state index contributed by atoms with van der Waals surface area (Å²) in [6.07, 6.45) is 1.76. The summed E-state index contributed by atoms with van der Waals surface area (Å²) < 4.78 is 0. The zero-order valence-electron chi connectivity index (χ0n) is 13.1. The Labute approximate surface area is 138 Å². The second kappa shape index (κ2) is 6.26. The number of carbonyl (C=O) groups is 1. The molecule has 3 rings (SSSR count). The fraction of sp³-hybridized carbons (Fsp3) is 0.176. The molecule has 0 spiro atoms. The molecule has 0 bridgehead atoms. The lowest BCUT2D eigenvalue weighted by Gasteiger charge is -2.08. The van der Waals surface area contributed by atoms with E-state index in [0.717, 1.165) is 28.2 Å². The first kappa shape index (κ1) is 15.3. The van der Waals surface area contributed by atoms with E-state index >= 15 is 0 Å². The molecule has 23 heavy (non-hydrogen) atoms. The number of hydrogen-bond acceptors (Lipinski definition) is 5. The topological polar surface area (TPSA) is 67.8 Å². The number of rotatable bonds is 3. The molecule has 0 aliphatic rings. The quantitative estimate of drug-likeness (QED) is 0.796. The summed E-state index contributed by atoms with van der Waals surface area (Å²) in [5.41, 5.74) is 4.89. The summed E-state index contributed by atoms with van der Waals surface area (Å²) in [5.74, 6) is -0.258. The smallest absolute Gasteiger partial charge is 0.276 e. The van der Waals surface area contributed by atoms with Crippen LogP contribution in [0.2, 0.25) is 0 Å². The maximum absolute atomic E-state index is 12.4. The van der Waals surface area contributed by atoms with Crippen LogP contribution < -0.4 is 5.32 Å². The summed E-state index contributed by atoms with van der Waals surface area (Å²) >= 11 is 1.40. The van der Waals surface area contributed by atoms with Gasteiger partial charge in [-0.1, -0.05) is 6.07 Å². The van der Waals surface area contributed by atoms with E-state index in [4.69, 9.17) is 0 Å². The largest absolute Gasteiger partial charge is 0.296 e. The van der Waals surface area contributed by atoms with Gasteiger partial charge in [0.25, 0.3) is 5.91 Å². The molecule has 116 valence electrons. The van der Waals surface area contributed by atoms with Gasteiger partial charge >= 0.3 is 0 Å². The second-order valence-electron chi connectivity index (χ2n) is 5.27. The summed E-state index contributed by atoms with van der Waals surface area (Å²) in [6, 6.07) is 7.61. The summed E-state index contributed by atoms with van der Waals surface area (Å²) in [5, 5.41) is 5.26. The first-order chi connectivity index (χ1) is 11.0. The van der Waals surface area contributed by atoms with Crippen LogP contribution in [0.4, 0.5) is 5.13 Å². The number of nitrogens with one attached hydrogen (secondary N) is 1. The van der Waals surface area contributed by atoms with E-state index in [1.54, 1.807) is 12.3 Å². The van der Waals surface area contributed by atoms with Crippen LogP contribution in [-0.4, -0.2) is 20.9 Å². The second-order valence-corrected chi connectivity index (χ2v) is 6.13. The van der Waals surface area contributed by atoms with E-state index in [0.29, 0.717) is 10.8 Å². The number of anilines is 1. The Kier molecular flexibility index (Phi) is 4.16. The lowest BCUT2D eigenvalue weighted by atomic mass is 10.0. The van der Waals surface area contributed by atoms with Gasteiger partial charge < -0.3 is 0 Å². The predicted octanol–water partition coefficient (Wildman–Crippen LogP) is 3.78. The van der Waals surface area contributed by atoms with Crippen molar-refractivity contribution in [2.45, 2.75) is 20.8 Å². The van der Waals surface area contributed by atoms with E-state index in [2.05, 4.69) is 20.3 Å². The Morgan fingerprint density at radius 3 is 2.65 bits per heavy atom. The van der Waals surface area contributed by atoms with Gasteiger partial charge in [0.05, 0.1) is 5.69 Å². The van der Waals surface area contributed by atoms with Crippen molar-refractivity contribution in [1.82, 2.24) is 15.0 Å². The Balaban J connectivity index is 1.94.